The fraction of sp³-hybridized carbons (Fsp3) is 0.538. The number of benzene rings is 2. The standard InChI is InChI=1S/C26H33F3O/c1-3-5-6-7-8-18-9-11-19(12-10-18)21-14-15-22(26(29)25(21)28)20-13-16-24(30-4-2)23(27)17-20/h13-19H,3-12H2,1-2H3. The van der Waals surface area contributed by atoms with Gasteiger partial charge < -0.3 is 4.74 Å². The summed E-state index contributed by atoms with van der Waals surface area (Å²) in [6, 6.07) is 7.50. The number of hydrogen-bond donors (Lipinski definition) is 0. The first-order valence-electron chi connectivity index (χ1n) is 11.5. The van der Waals surface area contributed by atoms with Crippen LogP contribution in [0.15, 0.2) is 30.3 Å². The van der Waals surface area contributed by atoms with Crippen molar-refractivity contribution >= 4 is 0 Å². The van der Waals surface area contributed by atoms with Gasteiger partial charge in [0.2, 0.25) is 0 Å². The Hall–Kier alpha value is -1.97. The van der Waals surface area contributed by atoms with Crippen LogP contribution in [0.2, 0.25) is 0 Å². The molecule has 0 aliphatic heterocycles. The molecule has 3 rings (SSSR count). The van der Waals surface area contributed by atoms with Crippen molar-refractivity contribution in [1.82, 2.24) is 0 Å². The van der Waals surface area contributed by atoms with Crippen LogP contribution in [0.25, 0.3) is 11.1 Å². The molecule has 4 heteroatoms. The maximum atomic E-state index is 14.9. The SMILES string of the molecule is CCCCCCC1CCC(c2ccc(-c3ccc(OCC)c(F)c3)c(F)c2F)CC1. The summed E-state index contributed by atoms with van der Waals surface area (Å²) in [6.07, 6.45) is 10.4. The lowest BCUT2D eigenvalue weighted by atomic mass is 9.76. The van der Waals surface area contributed by atoms with E-state index in [9.17, 15) is 13.2 Å². The molecule has 1 aliphatic carbocycles. The second-order valence-corrected chi connectivity index (χ2v) is 8.48. The zero-order valence-electron chi connectivity index (χ0n) is 18.2. The van der Waals surface area contributed by atoms with Gasteiger partial charge in [-0.2, -0.15) is 0 Å². The summed E-state index contributed by atoms with van der Waals surface area (Å²) in [5.74, 6) is -1.35. The highest BCUT2D eigenvalue weighted by Crippen LogP contribution is 2.40. The molecule has 0 saturated heterocycles. The lowest BCUT2D eigenvalue weighted by Gasteiger charge is -2.29. The van der Waals surface area contributed by atoms with Gasteiger partial charge in [-0.1, -0.05) is 57.2 Å². The zero-order valence-corrected chi connectivity index (χ0v) is 18.2. The van der Waals surface area contributed by atoms with E-state index < -0.39 is 17.5 Å². The molecular weight excluding hydrogens is 385 g/mol. The Kier molecular flexibility index (Phi) is 8.24. The van der Waals surface area contributed by atoms with Gasteiger partial charge in [-0.05, 0) is 67.7 Å². The second-order valence-electron chi connectivity index (χ2n) is 8.48. The van der Waals surface area contributed by atoms with Gasteiger partial charge in [0.25, 0.3) is 0 Å². The normalized spacial score (nSPS) is 19.1. The van der Waals surface area contributed by atoms with Crippen molar-refractivity contribution in [3.63, 3.8) is 0 Å². The molecular formula is C26H33F3O. The van der Waals surface area contributed by atoms with Crippen molar-refractivity contribution in [3.8, 4) is 16.9 Å². The molecule has 2 aromatic carbocycles. The lowest BCUT2D eigenvalue weighted by Crippen LogP contribution is -2.15. The summed E-state index contributed by atoms with van der Waals surface area (Å²) in [5, 5.41) is 0. The largest absolute Gasteiger partial charge is 0.491 e. The number of unbranched alkanes of at least 4 members (excludes halogenated alkanes) is 3. The first kappa shape index (κ1) is 22.7. The van der Waals surface area contributed by atoms with E-state index in [4.69, 9.17) is 4.74 Å². The molecule has 30 heavy (non-hydrogen) atoms. The second kappa shape index (κ2) is 10.9. The Morgan fingerprint density at radius 1 is 0.867 bits per heavy atom. The Morgan fingerprint density at radius 3 is 2.30 bits per heavy atom. The molecule has 0 radical (unpaired) electrons. The van der Waals surface area contributed by atoms with Gasteiger partial charge in [0.15, 0.2) is 23.2 Å². The van der Waals surface area contributed by atoms with Crippen LogP contribution >= 0.6 is 0 Å². The highest BCUT2D eigenvalue weighted by atomic mass is 19.2. The Morgan fingerprint density at radius 2 is 1.63 bits per heavy atom. The van der Waals surface area contributed by atoms with E-state index in [0.29, 0.717) is 17.7 Å². The van der Waals surface area contributed by atoms with E-state index >= 15 is 0 Å². The van der Waals surface area contributed by atoms with Crippen molar-refractivity contribution in [2.45, 2.75) is 77.6 Å². The van der Waals surface area contributed by atoms with E-state index in [1.807, 2.05) is 0 Å². The Labute approximate surface area is 178 Å². The Bertz CT molecular complexity index is 825. The fourth-order valence-electron chi connectivity index (χ4n) is 4.67. The van der Waals surface area contributed by atoms with Gasteiger partial charge in [-0.15, -0.1) is 0 Å². The average molecular weight is 419 g/mol. The molecule has 2 aromatic rings. The molecule has 0 N–H and O–H groups in total. The van der Waals surface area contributed by atoms with Crippen molar-refractivity contribution in [1.29, 1.82) is 0 Å². The minimum Gasteiger partial charge on any atom is -0.491 e. The van der Waals surface area contributed by atoms with E-state index in [2.05, 4.69) is 6.92 Å². The van der Waals surface area contributed by atoms with Crippen LogP contribution in [0.4, 0.5) is 13.2 Å². The van der Waals surface area contributed by atoms with E-state index in [1.54, 1.807) is 25.1 Å². The molecule has 1 saturated carbocycles. The first-order valence-corrected chi connectivity index (χ1v) is 11.5. The van der Waals surface area contributed by atoms with E-state index in [1.165, 1.54) is 44.2 Å². The molecule has 164 valence electrons. The van der Waals surface area contributed by atoms with Crippen LogP contribution in [-0.4, -0.2) is 6.61 Å². The predicted octanol–water partition coefficient (Wildman–Crippen LogP) is 8.41. The monoisotopic (exact) mass is 418 g/mol. The van der Waals surface area contributed by atoms with Crippen LogP contribution in [-0.2, 0) is 0 Å². The van der Waals surface area contributed by atoms with Gasteiger partial charge in [-0.3, -0.25) is 0 Å². The summed E-state index contributed by atoms with van der Waals surface area (Å²) in [7, 11) is 0. The zero-order chi connectivity index (χ0) is 21.5. The maximum Gasteiger partial charge on any atom is 0.166 e. The van der Waals surface area contributed by atoms with E-state index in [0.717, 1.165) is 31.6 Å². The average Bonchev–Trinajstić information content (AvgIpc) is 2.75. The lowest BCUT2D eigenvalue weighted by molar-refractivity contribution is 0.297. The van der Waals surface area contributed by atoms with Gasteiger partial charge >= 0.3 is 0 Å². The first-order chi connectivity index (χ1) is 14.5. The molecule has 0 spiro atoms. The molecule has 1 aliphatic rings. The van der Waals surface area contributed by atoms with Crippen LogP contribution in [0.5, 0.6) is 5.75 Å². The molecule has 0 unspecified atom stereocenters. The van der Waals surface area contributed by atoms with Crippen molar-refractivity contribution in [2.24, 2.45) is 5.92 Å². The summed E-state index contributed by atoms with van der Waals surface area (Å²) in [5.41, 5.74) is 0.865. The number of rotatable bonds is 9. The minimum absolute atomic E-state index is 0.0671. The topological polar surface area (TPSA) is 9.23 Å². The predicted molar refractivity (Wildman–Crippen MR) is 116 cm³/mol. The van der Waals surface area contributed by atoms with Crippen LogP contribution in [0.1, 0.15) is 83.1 Å². The third-order valence-corrected chi connectivity index (χ3v) is 6.41. The van der Waals surface area contributed by atoms with Crippen LogP contribution in [0, 0.1) is 23.4 Å². The third-order valence-electron chi connectivity index (χ3n) is 6.41. The number of ether oxygens (including phenoxy) is 1. The van der Waals surface area contributed by atoms with Gasteiger partial charge in [-0.25, -0.2) is 13.2 Å². The van der Waals surface area contributed by atoms with Gasteiger partial charge in [0.05, 0.1) is 6.61 Å². The van der Waals surface area contributed by atoms with Crippen molar-refractivity contribution in [3.05, 3.63) is 53.3 Å². The summed E-state index contributed by atoms with van der Waals surface area (Å²) >= 11 is 0. The van der Waals surface area contributed by atoms with Crippen LogP contribution in [0.3, 0.4) is 0 Å². The number of hydrogen-bond acceptors (Lipinski definition) is 1. The molecule has 1 nitrogen and oxygen atoms in total. The summed E-state index contributed by atoms with van der Waals surface area (Å²) < 4.78 is 49.1. The fourth-order valence-corrected chi connectivity index (χ4v) is 4.67. The molecule has 0 heterocycles. The Balaban J connectivity index is 1.68. The molecule has 0 aromatic heterocycles. The molecule has 1 fully saturated rings. The van der Waals surface area contributed by atoms with Crippen molar-refractivity contribution in [2.75, 3.05) is 6.61 Å². The smallest absolute Gasteiger partial charge is 0.166 e. The molecule has 0 atom stereocenters. The van der Waals surface area contributed by atoms with Crippen LogP contribution < -0.4 is 4.74 Å². The number of halogens is 3. The summed E-state index contributed by atoms with van der Waals surface area (Å²) in [4.78, 5) is 0. The van der Waals surface area contributed by atoms with E-state index in [-0.39, 0.29) is 17.2 Å². The van der Waals surface area contributed by atoms with Gasteiger partial charge in [0.1, 0.15) is 0 Å². The molecule has 0 amide bonds. The third kappa shape index (κ3) is 5.39. The van der Waals surface area contributed by atoms with Crippen molar-refractivity contribution < 1.29 is 17.9 Å². The molecule has 0 bridgehead atoms. The minimum atomic E-state index is -0.891. The highest BCUT2D eigenvalue weighted by molar-refractivity contribution is 5.66. The highest BCUT2D eigenvalue weighted by Gasteiger charge is 2.26. The quantitative estimate of drug-likeness (QED) is 0.371. The maximum absolute atomic E-state index is 14.9. The van der Waals surface area contributed by atoms with Gasteiger partial charge in [0, 0.05) is 5.56 Å². The summed E-state index contributed by atoms with van der Waals surface area (Å²) in [6.45, 7) is 4.33.